The second-order valence-electron chi connectivity index (χ2n) is 5.19. The summed E-state index contributed by atoms with van der Waals surface area (Å²) in [7, 11) is -4.64. The van der Waals surface area contributed by atoms with Gasteiger partial charge < -0.3 is 24.2 Å². The van der Waals surface area contributed by atoms with Gasteiger partial charge in [0.15, 0.2) is 0 Å². The van der Waals surface area contributed by atoms with Gasteiger partial charge in [0.2, 0.25) is 0 Å². The number of carbonyl (C=O) groups is 1. The van der Waals surface area contributed by atoms with Crippen LogP contribution in [0, 0.1) is 0 Å². The third-order valence-electron chi connectivity index (χ3n) is 0.779. The first-order chi connectivity index (χ1) is 7.10. The summed E-state index contributed by atoms with van der Waals surface area (Å²) >= 11 is 0. The van der Waals surface area contributed by atoms with E-state index in [4.69, 9.17) is 28.7 Å². The van der Waals surface area contributed by atoms with E-state index in [1.807, 2.05) is 0 Å². The fraction of sp³-hybridized carbons (Fsp3) is 0.889. The van der Waals surface area contributed by atoms with E-state index in [0.717, 1.165) is 0 Å². The molecule has 0 saturated heterocycles. The molecule has 0 aromatic rings. The average Bonchev–Trinajstić information content (AvgIpc) is 1.69. The molecule has 0 heterocycles. The minimum atomic E-state index is -4.64. The summed E-state index contributed by atoms with van der Waals surface area (Å²) in [6, 6.07) is 0. The second kappa shape index (κ2) is 9.04. The third-order valence-corrected chi connectivity index (χ3v) is 0.779. The summed E-state index contributed by atoms with van der Waals surface area (Å²) in [5.74, 6) is 0. The zero-order valence-electron chi connectivity index (χ0n) is 11.9. The van der Waals surface area contributed by atoms with Crippen LogP contribution in [0.15, 0.2) is 0 Å². The zero-order valence-corrected chi connectivity index (χ0v) is 15.9. The summed E-state index contributed by atoms with van der Waals surface area (Å²) in [4.78, 5) is 32.6. The van der Waals surface area contributed by atoms with Gasteiger partial charge in [0.25, 0.3) is 0 Å². The van der Waals surface area contributed by atoms with Crippen LogP contribution < -0.4 is 0 Å². The fourth-order valence-corrected chi connectivity index (χ4v) is 0.521. The van der Waals surface area contributed by atoms with Crippen molar-refractivity contribution >= 4 is 65.4 Å². The van der Waals surface area contributed by atoms with E-state index in [2.05, 4.69) is 0 Å². The maximum Gasteiger partial charge on any atom is 0.509 e. The first-order valence-corrected chi connectivity index (χ1v) is 6.37. The van der Waals surface area contributed by atoms with Gasteiger partial charge in [0, 0.05) is 51.4 Å². The molecule has 0 aliphatic carbocycles. The monoisotopic (exact) mass is 311 g/mol. The van der Waals surface area contributed by atoms with Crippen LogP contribution in [0.4, 0.5) is 4.79 Å². The maximum absolute atomic E-state index is 11.0. The van der Waals surface area contributed by atoms with Gasteiger partial charge in [0.05, 0.1) is 0 Å². The first-order valence-electron chi connectivity index (χ1n) is 4.80. The van der Waals surface area contributed by atoms with Crippen LogP contribution in [0.25, 0.3) is 0 Å². The molecule has 0 saturated carbocycles. The Balaban J connectivity index is -0.000000321. The standard InChI is InChI=1S/C9H18O3.K.H3O4P/c1-8(2,3)11-7(10)12-9(4,5)6;;1-5(2,3)4/h1-6H3;;(H3,1,2,3,4). The molecule has 0 fully saturated rings. The van der Waals surface area contributed by atoms with Gasteiger partial charge in [-0.25, -0.2) is 9.36 Å². The molecule has 0 atom stereocenters. The quantitative estimate of drug-likeness (QED) is 0.352. The van der Waals surface area contributed by atoms with E-state index in [-0.39, 0.29) is 51.4 Å². The van der Waals surface area contributed by atoms with Crippen molar-refractivity contribution in [1.29, 1.82) is 0 Å². The summed E-state index contributed by atoms with van der Waals surface area (Å²) in [5, 5.41) is 0. The Hall–Kier alpha value is 1.02. The number of carbonyl (C=O) groups excluding carboxylic acids is 1. The zero-order chi connectivity index (χ0) is 14.5. The van der Waals surface area contributed by atoms with Gasteiger partial charge in [-0.15, -0.1) is 0 Å². The second-order valence-corrected chi connectivity index (χ2v) is 6.22. The molecule has 3 N–H and O–H groups in total. The molecule has 0 aliphatic heterocycles. The minimum Gasteiger partial charge on any atom is -0.429 e. The Bertz CT molecular complexity index is 260. The van der Waals surface area contributed by atoms with Crippen LogP contribution in [0.2, 0.25) is 0 Å². The predicted octanol–water partition coefficient (Wildman–Crippen LogP) is 1.43. The van der Waals surface area contributed by atoms with Crippen molar-refractivity contribution in [2.45, 2.75) is 52.7 Å². The van der Waals surface area contributed by atoms with E-state index < -0.39 is 25.2 Å². The van der Waals surface area contributed by atoms with Crippen LogP contribution >= 0.6 is 7.82 Å². The SMILES string of the molecule is CC(C)(C)OC(=O)OC(C)(C)C.O=P(O)(O)O.[K]. The molecular weight excluding hydrogens is 290 g/mol. The van der Waals surface area contributed by atoms with Crippen LogP contribution in [0.3, 0.4) is 0 Å². The Morgan fingerprint density at radius 3 is 1.17 bits per heavy atom. The maximum atomic E-state index is 11.0. The van der Waals surface area contributed by atoms with E-state index in [9.17, 15) is 4.79 Å². The minimum absolute atomic E-state index is 0. The van der Waals surface area contributed by atoms with Crippen LogP contribution in [-0.4, -0.2) is 83.4 Å². The topological polar surface area (TPSA) is 113 Å². The van der Waals surface area contributed by atoms with Crippen molar-refractivity contribution < 1.29 is 33.5 Å². The summed E-state index contributed by atoms with van der Waals surface area (Å²) in [6.45, 7) is 10.8. The number of rotatable bonds is 0. The molecule has 0 aliphatic rings. The molecule has 7 nitrogen and oxygen atoms in total. The molecule has 0 rings (SSSR count). The van der Waals surface area contributed by atoms with Gasteiger partial charge >= 0.3 is 14.0 Å². The molecule has 0 spiro atoms. The van der Waals surface area contributed by atoms with Crippen molar-refractivity contribution in [3.63, 3.8) is 0 Å². The Morgan fingerprint density at radius 1 is 0.889 bits per heavy atom. The van der Waals surface area contributed by atoms with Crippen molar-refractivity contribution in [3.8, 4) is 0 Å². The number of phosphoric acid groups is 1. The van der Waals surface area contributed by atoms with Gasteiger partial charge in [0.1, 0.15) is 11.2 Å². The molecule has 0 bridgehead atoms. The molecule has 18 heavy (non-hydrogen) atoms. The molecule has 0 aromatic carbocycles. The van der Waals surface area contributed by atoms with Crippen LogP contribution in [0.1, 0.15) is 41.5 Å². The summed E-state index contributed by atoms with van der Waals surface area (Å²) in [5.41, 5.74) is -0.968. The molecule has 1 radical (unpaired) electrons. The first kappa shape index (κ1) is 24.1. The fourth-order valence-electron chi connectivity index (χ4n) is 0.521. The smallest absolute Gasteiger partial charge is 0.429 e. The summed E-state index contributed by atoms with van der Waals surface area (Å²) < 4.78 is 18.8. The summed E-state index contributed by atoms with van der Waals surface area (Å²) in [6.07, 6.45) is -0.616. The molecular formula is C9H21KO7P. The van der Waals surface area contributed by atoms with Gasteiger partial charge in [-0.2, -0.15) is 0 Å². The number of hydrogen-bond acceptors (Lipinski definition) is 4. The predicted molar refractivity (Wildman–Crippen MR) is 67.1 cm³/mol. The van der Waals surface area contributed by atoms with Crippen molar-refractivity contribution in [2.24, 2.45) is 0 Å². The average molecular weight is 311 g/mol. The van der Waals surface area contributed by atoms with Crippen molar-refractivity contribution in [1.82, 2.24) is 0 Å². The van der Waals surface area contributed by atoms with E-state index in [0.29, 0.717) is 0 Å². The van der Waals surface area contributed by atoms with E-state index >= 15 is 0 Å². The van der Waals surface area contributed by atoms with Crippen molar-refractivity contribution in [2.75, 3.05) is 0 Å². The van der Waals surface area contributed by atoms with Gasteiger partial charge in [-0.05, 0) is 41.5 Å². The van der Waals surface area contributed by atoms with E-state index in [1.54, 1.807) is 41.5 Å². The van der Waals surface area contributed by atoms with Crippen molar-refractivity contribution in [3.05, 3.63) is 0 Å². The van der Waals surface area contributed by atoms with Gasteiger partial charge in [-0.1, -0.05) is 0 Å². The Morgan fingerprint density at radius 2 is 1.06 bits per heavy atom. The van der Waals surface area contributed by atoms with E-state index in [1.165, 1.54) is 0 Å². The molecule has 9 heteroatoms. The van der Waals surface area contributed by atoms with Crippen LogP contribution in [-0.2, 0) is 14.0 Å². The van der Waals surface area contributed by atoms with Crippen LogP contribution in [0.5, 0.6) is 0 Å². The number of hydrogen-bond donors (Lipinski definition) is 3. The molecule has 105 valence electrons. The molecule has 0 amide bonds. The third kappa shape index (κ3) is 36.0. The largest absolute Gasteiger partial charge is 0.509 e. The Labute approximate surface area is 150 Å². The Kier molecular flexibility index (Phi) is 12.1. The normalized spacial score (nSPS) is 11.6. The molecule has 0 unspecified atom stereocenters. The van der Waals surface area contributed by atoms with Gasteiger partial charge in [-0.3, -0.25) is 0 Å². The number of ether oxygens (including phenoxy) is 2. The molecule has 0 aromatic heterocycles.